The Bertz CT molecular complexity index is 632. The van der Waals surface area contributed by atoms with Crippen molar-refractivity contribution in [2.45, 2.75) is 13.2 Å². The highest BCUT2D eigenvalue weighted by Crippen LogP contribution is 2.29. The first kappa shape index (κ1) is 15.2. The molecule has 0 saturated heterocycles. The summed E-state index contributed by atoms with van der Waals surface area (Å²) in [6.45, 7) is 0.750. The fraction of sp³-hybridized carbons (Fsp3) is 0.143. The highest BCUT2D eigenvalue weighted by atomic mass is 79.9. The van der Waals surface area contributed by atoms with Crippen LogP contribution in [-0.2, 0) is 18.0 Å². The average Bonchev–Trinajstić information content (AvgIpc) is 2.42. The summed E-state index contributed by atoms with van der Waals surface area (Å²) in [5.74, 6) is 0. The Balaban J connectivity index is 2.03. The summed E-state index contributed by atoms with van der Waals surface area (Å²) >= 11 is 6.70. The monoisotopic (exact) mass is 399 g/mol. The molecule has 0 saturated carbocycles. The molecule has 0 atom stereocenters. The number of hydrogen-bond acceptors (Lipinski definition) is 3. The minimum Gasteiger partial charge on any atom is -0.372 e. The number of ether oxygens (including phenoxy) is 1. The fourth-order valence-electron chi connectivity index (χ4n) is 1.71. The molecule has 2 aromatic carbocycles. The van der Waals surface area contributed by atoms with Gasteiger partial charge in [0.1, 0.15) is 4.47 Å². The largest absolute Gasteiger partial charge is 0.372 e. The number of halogens is 2. The minimum atomic E-state index is -0.415. The van der Waals surface area contributed by atoms with Crippen LogP contribution in [0.3, 0.4) is 0 Å². The molecule has 2 rings (SSSR count). The molecule has 0 bridgehead atoms. The molecule has 0 heterocycles. The van der Waals surface area contributed by atoms with Crippen LogP contribution in [0.2, 0.25) is 0 Å². The zero-order valence-electron chi connectivity index (χ0n) is 10.4. The van der Waals surface area contributed by atoms with Crippen molar-refractivity contribution in [2.75, 3.05) is 0 Å². The lowest BCUT2D eigenvalue weighted by molar-refractivity contribution is -0.385. The number of nitro benzene ring substituents is 1. The maximum Gasteiger partial charge on any atom is 0.283 e. The summed E-state index contributed by atoms with van der Waals surface area (Å²) in [6, 6.07) is 12.7. The Morgan fingerprint density at radius 1 is 1.00 bits per heavy atom. The summed E-state index contributed by atoms with van der Waals surface area (Å²) in [5.41, 5.74) is 1.84. The maximum absolute atomic E-state index is 10.8. The molecular weight excluding hydrogens is 390 g/mol. The van der Waals surface area contributed by atoms with Gasteiger partial charge in [-0.1, -0.05) is 46.3 Å². The van der Waals surface area contributed by atoms with E-state index in [1.54, 1.807) is 12.1 Å². The first-order valence-corrected chi connectivity index (χ1v) is 7.41. The molecule has 6 heteroatoms. The molecule has 4 nitrogen and oxygen atoms in total. The van der Waals surface area contributed by atoms with Crippen molar-refractivity contribution in [1.29, 1.82) is 0 Å². The van der Waals surface area contributed by atoms with Crippen LogP contribution < -0.4 is 0 Å². The SMILES string of the molecule is O=[N+]([O-])c1cccc(COCc2ccccc2Br)c1Br. The van der Waals surface area contributed by atoms with Crippen LogP contribution in [0.1, 0.15) is 11.1 Å². The van der Waals surface area contributed by atoms with Gasteiger partial charge in [-0.3, -0.25) is 10.1 Å². The molecule has 0 aliphatic heterocycles. The van der Waals surface area contributed by atoms with Crippen LogP contribution in [0.25, 0.3) is 0 Å². The Kier molecular flexibility index (Phi) is 5.28. The molecule has 0 aliphatic carbocycles. The van der Waals surface area contributed by atoms with Gasteiger partial charge in [0.2, 0.25) is 0 Å². The lowest BCUT2D eigenvalue weighted by atomic mass is 10.2. The van der Waals surface area contributed by atoms with Gasteiger partial charge in [0.25, 0.3) is 5.69 Å². The lowest BCUT2D eigenvalue weighted by Crippen LogP contribution is -1.98. The van der Waals surface area contributed by atoms with E-state index in [-0.39, 0.29) is 5.69 Å². The molecule has 104 valence electrons. The van der Waals surface area contributed by atoms with Gasteiger partial charge in [0.15, 0.2) is 0 Å². The predicted octanol–water partition coefficient (Wildman–Crippen LogP) is 4.84. The molecule has 0 aliphatic rings. The van der Waals surface area contributed by atoms with Crippen molar-refractivity contribution < 1.29 is 9.66 Å². The van der Waals surface area contributed by atoms with Gasteiger partial charge in [0.05, 0.1) is 18.1 Å². The van der Waals surface area contributed by atoms with Crippen LogP contribution >= 0.6 is 31.9 Å². The van der Waals surface area contributed by atoms with E-state index in [0.717, 1.165) is 15.6 Å². The van der Waals surface area contributed by atoms with E-state index in [9.17, 15) is 10.1 Å². The van der Waals surface area contributed by atoms with Crippen LogP contribution in [-0.4, -0.2) is 4.92 Å². The molecule has 0 spiro atoms. The highest BCUT2D eigenvalue weighted by Gasteiger charge is 2.14. The number of nitrogens with zero attached hydrogens (tertiary/aromatic N) is 1. The van der Waals surface area contributed by atoms with Gasteiger partial charge in [-0.25, -0.2) is 0 Å². The van der Waals surface area contributed by atoms with E-state index in [0.29, 0.717) is 17.7 Å². The summed E-state index contributed by atoms with van der Waals surface area (Å²) in [4.78, 5) is 10.4. The number of hydrogen-bond donors (Lipinski definition) is 0. The smallest absolute Gasteiger partial charge is 0.283 e. The summed E-state index contributed by atoms with van der Waals surface area (Å²) in [6.07, 6.45) is 0. The van der Waals surface area contributed by atoms with Gasteiger partial charge in [-0.15, -0.1) is 0 Å². The van der Waals surface area contributed by atoms with Gasteiger partial charge in [0, 0.05) is 10.5 Å². The lowest BCUT2D eigenvalue weighted by Gasteiger charge is -2.08. The molecule has 0 amide bonds. The van der Waals surface area contributed by atoms with Crippen molar-refractivity contribution in [2.24, 2.45) is 0 Å². The van der Waals surface area contributed by atoms with Crippen LogP contribution in [0.5, 0.6) is 0 Å². The number of nitro groups is 1. The second-order valence-corrected chi connectivity index (χ2v) is 5.74. The van der Waals surface area contributed by atoms with Crippen molar-refractivity contribution in [3.8, 4) is 0 Å². The Hall–Kier alpha value is -1.24. The summed E-state index contributed by atoms with van der Waals surface area (Å²) in [7, 11) is 0. The van der Waals surface area contributed by atoms with Crippen molar-refractivity contribution in [3.05, 3.63) is 72.7 Å². The Morgan fingerprint density at radius 3 is 2.35 bits per heavy atom. The van der Waals surface area contributed by atoms with Crippen molar-refractivity contribution in [1.82, 2.24) is 0 Å². The first-order valence-electron chi connectivity index (χ1n) is 5.82. The second-order valence-electron chi connectivity index (χ2n) is 4.09. The normalized spacial score (nSPS) is 10.5. The molecule has 2 aromatic rings. The van der Waals surface area contributed by atoms with Gasteiger partial charge >= 0.3 is 0 Å². The maximum atomic E-state index is 10.8. The quantitative estimate of drug-likeness (QED) is 0.533. The van der Waals surface area contributed by atoms with Gasteiger partial charge in [-0.05, 0) is 33.1 Å². The van der Waals surface area contributed by atoms with E-state index in [1.807, 2.05) is 24.3 Å². The third kappa shape index (κ3) is 3.65. The Morgan fingerprint density at radius 2 is 1.65 bits per heavy atom. The molecule has 0 fully saturated rings. The van der Waals surface area contributed by atoms with Crippen molar-refractivity contribution >= 4 is 37.5 Å². The van der Waals surface area contributed by atoms with E-state index in [4.69, 9.17) is 4.74 Å². The topological polar surface area (TPSA) is 52.4 Å². The molecule has 20 heavy (non-hydrogen) atoms. The third-order valence-corrected chi connectivity index (χ3v) is 4.42. The van der Waals surface area contributed by atoms with Gasteiger partial charge in [-0.2, -0.15) is 0 Å². The zero-order chi connectivity index (χ0) is 14.5. The number of benzene rings is 2. The Labute approximate surface area is 133 Å². The van der Waals surface area contributed by atoms with Crippen LogP contribution in [0.15, 0.2) is 51.4 Å². The molecule has 0 N–H and O–H groups in total. The van der Waals surface area contributed by atoms with E-state index in [1.165, 1.54) is 6.07 Å². The first-order chi connectivity index (χ1) is 9.59. The van der Waals surface area contributed by atoms with Gasteiger partial charge < -0.3 is 4.74 Å². The average molecular weight is 401 g/mol. The summed E-state index contributed by atoms with van der Waals surface area (Å²) in [5, 5.41) is 10.8. The number of rotatable bonds is 5. The standard InChI is InChI=1S/C14H11Br2NO3/c15-12-6-2-1-4-10(12)8-20-9-11-5-3-7-13(14(11)16)17(18)19/h1-7H,8-9H2. The van der Waals surface area contributed by atoms with Crippen LogP contribution in [0, 0.1) is 10.1 Å². The van der Waals surface area contributed by atoms with E-state index >= 15 is 0 Å². The molecule has 0 radical (unpaired) electrons. The van der Waals surface area contributed by atoms with Crippen molar-refractivity contribution in [3.63, 3.8) is 0 Å². The predicted molar refractivity (Wildman–Crippen MR) is 83.4 cm³/mol. The molecule has 0 aromatic heterocycles. The fourth-order valence-corrected chi connectivity index (χ4v) is 2.63. The summed E-state index contributed by atoms with van der Waals surface area (Å²) < 4.78 is 7.07. The van der Waals surface area contributed by atoms with E-state index in [2.05, 4.69) is 31.9 Å². The molecule has 0 unspecified atom stereocenters. The zero-order valence-corrected chi connectivity index (χ0v) is 13.6. The minimum absolute atomic E-state index is 0.0481. The van der Waals surface area contributed by atoms with E-state index < -0.39 is 4.92 Å². The van der Waals surface area contributed by atoms with Crippen LogP contribution in [0.4, 0.5) is 5.69 Å². The third-order valence-electron chi connectivity index (χ3n) is 2.73. The second kappa shape index (κ2) is 6.97. The molecular formula is C14H11Br2NO3. The highest BCUT2D eigenvalue weighted by molar-refractivity contribution is 9.11.